The molecule has 0 aliphatic carbocycles. The number of hydrogen-bond donors (Lipinski definition) is 3. The molecule has 0 aliphatic heterocycles. The molecule has 0 aliphatic rings. The lowest BCUT2D eigenvalue weighted by Gasteiger charge is -2.08. The van der Waals surface area contributed by atoms with Crippen molar-refractivity contribution >= 4 is 11.7 Å². The number of rotatable bonds is 4. The second kappa shape index (κ2) is 6.84. The first kappa shape index (κ1) is 15.7. The number of hydrogen-bond acceptors (Lipinski definition) is 2. The van der Waals surface area contributed by atoms with Crippen LogP contribution in [0.25, 0.3) is 0 Å². The zero-order valence-corrected chi connectivity index (χ0v) is 11.9. The van der Waals surface area contributed by atoms with Crippen molar-refractivity contribution < 1.29 is 13.6 Å². The van der Waals surface area contributed by atoms with Gasteiger partial charge in [0.25, 0.3) is 5.56 Å². The maximum absolute atomic E-state index is 13.0. The number of aromatic amines is 1. The summed E-state index contributed by atoms with van der Waals surface area (Å²) in [6, 6.07) is 4.30. The molecule has 0 bridgehead atoms. The topological polar surface area (TPSA) is 74.0 Å². The molecule has 0 fully saturated rings. The van der Waals surface area contributed by atoms with Gasteiger partial charge in [0.15, 0.2) is 0 Å². The SMILES string of the molecule is Cc1cc(NC(=O)NCCc2cc(F)cc(F)c2)c[nH]c1=O. The molecular formula is C15H15F2N3O2. The maximum Gasteiger partial charge on any atom is 0.319 e. The molecule has 2 aromatic rings. The third-order valence-electron chi connectivity index (χ3n) is 2.97. The Morgan fingerprint density at radius 2 is 1.86 bits per heavy atom. The Bertz CT molecular complexity index is 724. The Morgan fingerprint density at radius 3 is 2.50 bits per heavy atom. The first-order chi connectivity index (χ1) is 10.4. The number of urea groups is 1. The molecule has 1 heterocycles. The van der Waals surface area contributed by atoms with E-state index in [0.717, 1.165) is 6.07 Å². The molecule has 116 valence electrons. The number of benzene rings is 1. The van der Waals surface area contributed by atoms with Crippen molar-refractivity contribution in [2.75, 3.05) is 11.9 Å². The van der Waals surface area contributed by atoms with E-state index in [4.69, 9.17) is 0 Å². The van der Waals surface area contributed by atoms with Crippen LogP contribution in [0.4, 0.5) is 19.3 Å². The number of carbonyl (C=O) groups excluding carboxylic acids is 1. The van der Waals surface area contributed by atoms with Crippen LogP contribution < -0.4 is 16.2 Å². The lowest BCUT2D eigenvalue weighted by atomic mass is 10.1. The number of anilines is 1. The Hall–Kier alpha value is -2.70. The number of pyridine rings is 1. The zero-order chi connectivity index (χ0) is 16.1. The van der Waals surface area contributed by atoms with Crippen LogP contribution in [-0.4, -0.2) is 17.6 Å². The summed E-state index contributed by atoms with van der Waals surface area (Å²) in [5.74, 6) is -1.30. The largest absolute Gasteiger partial charge is 0.338 e. The molecule has 5 nitrogen and oxygen atoms in total. The monoisotopic (exact) mass is 307 g/mol. The van der Waals surface area contributed by atoms with Crippen molar-refractivity contribution in [2.24, 2.45) is 0 Å². The van der Waals surface area contributed by atoms with E-state index >= 15 is 0 Å². The minimum atomic E-state index is -0.650. The number of aryl methyl sites for hydroxylation is 1. The van der Waals surface area contributed by atoms with Crippen LogP contribution >= 0.6 is 0 Å². The molecule has 3 N–H and O–H groups in total. The first-order valence-corrected chi connectivity index (χ1v) is 6.63. The third kappa shape index (κ3) is 4.41. The summed E-state index contributed by atoms with van der Waals surface area (Å²) in [5.41, 5.74) is 1.16. The van der Waals surface area contributed by atoms with Gasteiger partial charge < -0.3 is 15.6 Å². The molecule has 2 amide bonds. The van der Waals surface area contributed by atoms with Crippen molar-refractivity contribution in [1.82, 2.24) is 10.3 Å². The van der Waals surface area contributed by atoms with Crippen LogP contribution in [0.1, 0.15) is 11.1 Å². The summed E-state index contributed by atoms with van der Waals surface area (Å²) in [7, 11) is 0. The Labute approximate surface area is 125 Å². The van der Waals surface area contributed by atoms with Gasteiger partial charge in [-0.05, 0) is 37.1 Å². The number of nitrogens with one attached hydrogen (secondary N) is 3. The molecule has 0 unspecified atom stereocenters. The molecule has 1 aromatic heterocycles. The van der Waals surface area contributed by atoms with E-state index < -0.39 is 17.7 Å². The van der Waals surface area contributed by atoms with Crippen LogP contribution in [-0.2, 0) is 6.42 Å². The van der Waals surface area contributed by atoms with E-state index in [9.17, 15) is 18.4 Å². The highest BCUT2D eigenvalue weighted by atomic mass is 19.1. The second-order valence-corrected chi connectivity index (χ2v) is 4.81. The van der Waals surface area contributed by atoms with Gasteiger partial charge in [0.1, 0.15) is 11.6 Å². The summed E-state index contributed by atoms with van der Waals surface area (Å²) >= 11 is 0. The standard InChI is InChI=1S/C15H15F2N3O2/c1-9-4-13(8-19-14(9)21)20-15(22)18-3-2-10-5-11(16)7-12(17)6-10/h4-8H,2-3H2,1H3,(H,19,21)(H2,18,20,22). The number of aromatic nitrogens is 1. The van der Waals surface area contributed by atoms with E-state index in [1.54, 1.807) is 13.0 Å². The summed E-state index contributed by atoms with van der Waals surface area (Å²) < 4.78 is 26.0. The number of amides is 2. The first-order valence-electron chi connectivity index (χ1n) is 6.63. The smallest absolute Gasteiger partial charge is 0.319 e. The highest BCUT2D eigenvalue weighted by molar-refractivity contribution is 5.89. The minimum absolute atomic E-state index is 0.219. The Morgan fingerprint density at radius 1 is 1.18 bits per heavy atom. The van der Waals surface area contributed by atoms with E-state index in [-0.39, 0.29) is 12.1 Å². The fourth-order valence-corrected chi connectivity index (χ4v) is 1.92. The molecule has 0 atom stereocenters. The predicted molar refractivity (Wildman–Crippen MR) is 78.9 cm³/mol. The van der Waals surface area contributed by atoms with Gasteiger partial charge in [0.05, 0.1) is 5.69 Å². The van der Waals surface area contributed by atoms with Crippen molar-refractivity contribution in [3.63, 3.8) is 0 Å². The fourth-order valence-electron chi connectivity index (χ4n) is 1.92. The molecule has 2 rings (SSSR count). The molecular weight excluding hydrogens is 292 g/mol. The minimum Gasteiger partial charge on any atom is -0.338 e. The van der Waals surface area contributed by atoms with Gasteiger partial charge in [-0.1, -0.05) is 0 Å². The molecule has 7 heteroatoms. The van der Waals surface area contributed by atoms with E-state index in [1.165, 1.54) is 18.3 Å². The lowest BCUT2D eigenvalue weighted by Crippen LogP contribution is -2.30. The highest BCUT2D eigenvalue weighted by Gasteiger charge is 2.04. The third-order valence-corrected chi connectivity index (χ3v) is 2.97. The van der Waals surface area contributed by atoms with E-state index in [1.807, 2.05) is 0 Å². The quantitative estimate of drug-likeness (QED) is 0.811. The Kier molecular flexibility index (Phi) is 4.88. The normalized spacial score (nSPS) is 10.3. The molecule has 0 spiro atoms. The van der Waals surface area contributed by atoms with Gasteiger partial charge in [-0.25, -0.2) is 13.6 Å². The van der Waals surface area contributed by atoms with Crippen molar-refractivity contribution in [3.05, 3.63) is 63.6 Å². The van der Waals surface area contributed by atoms with Gasteiger partial charge >= 0.3 is 6.03 Å². The van der Waals surface area contributed by atoms with Crippen LogP contribution in [0.2, 0.25) is 0 Å². The summed E-state index contributed by atoms with van der Waals surface area (Å²) in [6.07, 6.45) is 1.68. The van der Waals surface area contributed by atoms with Crippen molar-refractivity contribution in [1.29, 1.82) is 0 Å². The number of carbonyl (C=O) groups is 1. The van der Waals surface area contributed by atoms with E-state index in [2.05, 4.69) is 15.6 Å². The average molecular weight is 307 g/mol. The van der Waals surface area contributed by atoms with Gasteiger partial charge in [0, 0.05) is 24.4 Å². The average Bonchev–Trinajstić information content (AvgIpc) is 2.42. The fraction of sp³-hybridized carbons (Fsp3) is 0.200. The van der Waals surface area contributed by atoms with Crippen LogP contribution in [0, 0.1) is 18.6 Å². The predicted octanol–water partition coefficient (Wildman–Crippen LogP) is 2.33. The van der Waals surface area contributed by atoms with Gasteiger partial charge in [-0.15, -0.1) is 0 Å². The van der Waals surface area contributed by atoms with Crippen molar-refractivity contribution in [2.45, 2.75) is 13.3 Å². The summed E-state index contributed by atoms with van der Waals surface area (Å²) in [4.78, 5) is 25.4. The molecule has 22 heavy (non-hydrogen) atoms. The van der Waals surface area contributed by atoms with E-state index in [0.29, 0.717) is 23.2 Å². The van der Waals surface area contributed by atoms with Gasteiger partial charge in [-0.3, -0.25) is 4.79 Å². The Balaban J connectivity index is 1.85. The summed E-state index contributed by atoms with van der Waals surface area (Å²) in [5, 5.41) is 5.12. The van der Waals surface area contributed by atoms with Crippen LogP contribution in [0.15, 0.2) is 35.3 Å². The molecule has 0 radical (unpaired) electrons. The zero-order valence-electron chi connectivity index (χ0n) is 11.9. The number of H-pyrrole nitrogens is 1. The lowest BCUT2D eigenvalue weighted by molar-refractivity contribution is 0.252. The maximum atomic E-state index is 13.0. The van der Waals surface area contributed by atoms with Crippen LogP contribution in [0.3, 0.4) is 0 Å². The summed E-state index contributed by atoms with van der Waals surface area (Å²) in [6.45, 7) is 1.84. The van der Waals surface area contributed by atoms with Gasteiger partial charge in [0.2, 0.25) is 0 Å². The van der Waals surface area contributed by atoms with Crippen LogP contribution in [0.5, 0.6) is 0 Å². The molecule has 0 saturated carbocycles. The van der Waals surface area contributed by atoms with Gasteiger partial charge in [-0.2, -0.15) is 0 Å². The van der Waals surface area contributed by atoms with Crippen molar-refractivity contribution in [3.8, 4) is 0 Å². The molecule has 0 saturated heterocycles. The highest BCUT2D eigenvalue weighted by Crippen LogP contribution is 2.08. The molecule has 1 aromatic carbocycles. The number of halogens is 2. The second-order valence-electron chi connectivity index (χ2n) is 4.81.